The van der Waals surface area contributed by atoms with Gasteiger partial charge in [0.1, 0.15) is 6.17 Å². The molecule has 1 aliphatic rings. The monoisotopic (exact) mass is 305 g/mol. The number of halogens is 1. The second kappa shape index (κ2) is 6.31. The lowest BCUT2D eigenvalue weighted by Gasteiger charge is -2.23. The Morgan fingerprint density at radius 2 is 2.45 bits per heavy atom. The fraction of sp³-hybridized carbons (Fsp3) is 0.467. The summed E-state index contributed by atoms with van der Waals surface area (Å²) in [6.07, 6.45) is 6.69. The molecule has 1 fully saturated rings. The molecule has 0 unspecified atom stereocenters. The number of hydrogen-bond acceptors (Lipinski definition) is 3. The van der Waals surface area contributed by atoms with E-state index in [0.717, 1.165) is 5.56 Å². The summed E-state index contributed by atoms with van der Waals surface area (Å²) < 4.78 is 15.5. The average molecular weight is 305 g/mol. The van der Waals surface area contributed by atoms with Gasteiger partial charge in [-0.2, -0.15) is 5.10 Å². The number of nitrogens with zero attached hydrogens (tertiary/aromatic N) is 3. The number of carbonyl (C=O) groups is 1. The molecule has 3 rings (SSSR count). The van der Waals surface area contributed by atoms with Crippen LogP contribution in [-0.2, 0) is 13.6 Å². The minimum atomic E-state index is -0.842. The van der Waals surface area contributed by atoms with E-state index in [2.05, 4.69) is 20.3 Å². The predicted molar refractivity (Wildman–Crippen MR) is 80.0 cm³/mol. The van der Waals surface area contributed by atoms with Gasteiger partial charge in [0.05, 0.1) is 11.8 Å². The van der Waals surface area contributed by atoms with Gasteiger partial charge >= 0.3 is 0 Å². The molecule has 22 heavy (non-hydrogen) atoms. The summed E-state index contributed by atoms with van der Waals surface area (Å²) in [5, 5.41) is 7.01. The molecule has 0 bridgehead atoms. The predicted octanol–water partition coefficient (Wildman–Crippen LogP) is 1.09. The van der Waals surface area contributed by atoms with Crippen molar-refractivity contribution in [1.82, 2.24) is 25.0 Å². The van der Waals surface area contributed by atoms with Crippen molar-refractivity contribution in [3.63, 3.8) is 0 Å². The molecule has 1 amide bonds. The lowest BCUT2D eigenvalue weighted by molar-refractivity contribution is 0.0940. The summed E-state index contributed by atoms with van der Waals surface area (Å²) in [7, 11) is 1.86. The first-order chi connectivity index (χ1) is 10.6. The largest absolute Gasteiger partial charge is 0.367 e. The first kappa shape index (κ1) is 14.8. The van der Waals surface area contributed by atoms with E-state index in [0.29, 0.717) is 31.6 Å². The Bertz CT molecular complexity index is 624. The van der Waals surface area contributed by atoms with Crippen molar-refractivity contribution in [3.05, 3.63) is 42.0 Å². The summed E-state index contributed by atoms with van der Waals surface area (Å²) in [5.41, 5.74) is 1.65. The second-order valence-electron chi connectivity index (χ2n) is 5.75. The third kappa shape index (κ3) is 3.36. The number of likely N-dealkylation sites (tertiary alicyclic amines) is 1. The van der Waals surface area contributed by atoms with Crippen LogP contribution in [0.15, 0.2) is 30.9 Å². The van der Waals surface area contributed by atoms with Crippen molar-refractivity contribution in [3.8, 4) is 0 Å². The molecule has 1 aliphatic heterocycles. The zero-order valence-corrected chi connectivity index (χ0v) is 12.5. The maximum absolute atomic E-state index is 13.7. The molecular weight excluding hydrogens is 285 g/mol. The van der Waals surface area contributed by atoms with E-state index < -0.39 is 6.17 Å². The van der Waals surface area contributed by atoms with E-state index >= 15 is 0 Å². The van der Waals surface area contributed by atoms with Crippen LogP contribution in [0, 0.1) is 0 Å². The number of amides is 1. The van der Waals surface area contributed by atoms with Crippen molar-refractivity contribution in [1.29, 1.82) is 0 Å². The molecule has 2 aromatic rings. The van der Waals surface area contributed by atoms with Crippen LogP contribution < -0.4 is 5.32 Å². The van der Waals surface area contributed by atoms with Crippen LogP contribution in [0.1, 0.15) is 22.3 Å². The number of alkyl halides is 1. The van der Waals surface area contributed by atoms with Crippen molar-refractivity contribution in [2.24, 2.45) is 7.05 Å². The Kier molecular flexibility index (Phi) is 4.24. The topological polar surface area (TPSA) is 65.9 Å². The molecular formula is C15H20FN5O. The Labute approximate surface area is 128 Å². The zero-order chi connectivity index (χ0) is 15.5. The lowest BCUT2D eigenvalue weighted by atomic mass is 10.2. The SMILES string of the molecule is Cn1cc(CN2C[C@@H](F)C[C@H]2CNC(=O)c2cc[nH]c2)cn1. The highest BCUT2D eigenvalue weighted by atomic mass is 19.1. The molecule has 2 aromatic heterocycles. The highest BCUT2D eigenvalue weighted by Gasteiger charge is 2.32. The van der Waals surface area contributed by atoms with Gasteiger partial charge in [0.15, 0.2) is 0 Å². The summed E-state index contributed by atoms with van der Waals surface area (Å²) in [6.45, 7) is 1.50. The number of rotatable bonds is 5. The number of H-pyrrole nitrogens is 1. The molecule has 0 aliphatic carbocycles. The van der Waals surface area contributed by atoms with Gasteiger partial charge in [-0.3, -0.25) is 14.4 Å². The normalized spacial score (nSPS) is 22.1. The van der Waals surface area contributed by atoms with Gasteiger partial charge in [-0.1, -0.05) is 0 Å². The number of nitrogens with one attached hydrogen (secondary N) is 2. The van der Waals surface area contributed by atoms with Crippen LogP contribution in [0.2, 0.25) is 0 Å². The van der Waals surface area contributed by atoms with Crippen LogP contribution in [0.3, 0.4) is 0 Å². The van der Waals surface area contributed by atoms with Gasteiger partial charge in [-0.25, -0.2) is 4.39 Å². The van der Waals surface area contributed by atoms with Gasteiger partial charge in [-0.05, 0) is 12.5 Å². The fourth-order valence-corrected chi connectivity index (χ4v) is 2.89. The maximum Gasteiger partial charge on any atom is 0.252 e. The van der Waals surface area contributed by atoms with Gasteiger partial charge in [0.2, 0.25) is 0 Å². The Morgan fingerprint density at radius 3 is 3.14 bits per heavy atom. The lowest BCUT2D eigenvalue weighted by Crippen LogP contribution is -2.39. The van der Waals surface area contributed by atoms with E-state index in [-0.39, 0.29) is 11.9 Å². The molecule has 6 nitrogen and oxygen atoms in total. The highest BCUT2D eigenvalue weighted by molar-refractivity contribution is 5.93. The fourth-order valence-electron chi connectivity index (χ4n) is 2.89. The Hall–Kier alpha value is -2.15. The van der Waals surface area contributed by atoms with Gasteiger partial charge < -0.3 is 10.3 Å². The van der Waals surface area contributed by atoms with E-state index in [4.69, 9.17) is 0 Å². The number of aromatic amines is 1. The molecule has 0 aromatic carbocycles. The molecule has 0 saturated carbocycles. The average Bonchev–Trinajstić information content (AvgIpc) is 3.19. The van der Waals surface area contributed by atoms with E-state index in [9.17, 15) is 9.18 Å². The maximum atomic E-state index is 13.7. The van der Waals surface area contributed by atoms with Crippen molar-refractivity contribution >= 4 is 5.91 Å². The summed E-state index contributed by atoms with van der Waals surface area (Å²) in [5.74, 6) is -0.134. The van der Waals surface area contributed by atoms with Crippen molar-refractivity contribution < 1.29 is 9.18 Å². The number of aryl methyl sites for hydroxylation is 1. The minimum absolute atomic E-state index is 0.0121. The Balaban J connectivity index is 1.57. The second-order valence-corrected chi connectivity index (χ2v) is 5.75. The van der Waals surface area contributed by atoms with Crippen molar-refractivity contribution in [2.45, 2.75) is 25.2 Å². The van der Waals surface area contributed by atoms with Gasteiger partial charge in [-0.15, -0.1) is 0 Å². The van der Waals surface area contributed by atoms with E-state index in [1.54, 1.807) is 29.3 Å². The van der Waals surface area contributed by atoms with Crippen LogP contribution in [-0.4, -0.2) is 50.9 Å². The zero-order valence-electron chi connectivity index (χ0n) is 12.5. The number of aromatic nitrogens is 3. The summed E-state index contributed by atoms with van der Waals surface area (Å²) in [4.78, 5) is 16.9. The molecule has 2 atom stereocenters. The highest BCUT2D eigenvalue weighted by Crippen LogP contribution is 2.22. The molecule has 2 N–H and O–H groups in total. The standard InChI is InChI=1S/C15H20FN5O/c1-20-8-11(5-19-20)9-21-10-13(16)4-14(21)7-18-15(22)12-2-3-17-6-12/h2-3,5-6,8,13-14,17H,4,7,9-10H2,1H3,(H,18,22)/t13-,14-/m0/s1. The van der Waals surface area contributed by atoms with Crippen LogP contribution >= 0.6 is 0 Å². The number of hydrogen-bond donors (Lipinski definition) is 2. The molecule has 0 spiro atoms. The third-order valence-corrected chi connectivity index (χ3v) is 3.98. The number of carbonyl (C=O) groups excluding carboxylic acids is 1. The van der Waals surface area contributed by atoms with E-state index in [1.165, 1.54) is 0 Å². The Morgan fingerprint density at radius 1 is 1.59 bits per heavy atom. The smallest absolute Gasteiger partial charge is 0.252 e. The van der Waals surface area contributed by atoms with Crippen LogP contribution in [0.25, 0.3) is 0 Å². The molecule has 118 valence electrons. The van der Waals surface area contributed by atoms with Gasteiger partial charge in [0, 0.05) is 56.9 Å². The van der Waals surface area contributed by atoms with Crippen molar-refractivity contribution in [2.75, 3.05) is 13.1 Å². The molecule has 3 heterocycles. The van der Waals surface area contributed by atoms with E-state index in [1.807, 2.05) is 13.2 Å². The van der Waals surface area contributed by atoms with Crippen LogP contribution in [0.5, 0.6) is 0 Å². The molecule has 0 radical (unpaired) electrons. The first-order valence-electron chi connectivity index (χ1n) is 7.38. The minimum Gasteiger partial charge on any atom is -0.367 e. The molecule has 1 saturated heterocycles. The first-order valence-corrected chi connectivity index (χ1v) is 7.38. The third-order valence-electron chi connectivity index (χ3n) is 3.98. The quantitative estimate of drug-likeness (QED) is 0.869. The van der Waals surface area contributed by atoms with Crippen LogP contribution in [0.4, 0.5) is 4.39 Å². The summed E-state index contributed by atoms with van der Waals surface area (Å²) >= 11 is 0. The molecule has 7 heteroatoms. The van der Waals surface area contributed by atoms with Gasteiger partial charge in [0.25, 0.3) is 5.91 Å². The summed E-state index contributed by atoms with van der Waals surface area (Å²) in [6, 6.07) is 1.73.